The van der Waals surface area contributed by atoms with Crippen LogP contribution in [0.3, 0.4) is 0 Å². The van der Waals surface area contributed by atoms with E-state index in [1.165, 1.54) is 0 Å². The maximum absolute atomic E-state index is 8.98. The Morgan fingerprint density at radius 2 is 1.88 bits per heavy atom. The number of nitrogens with zero attached hydrogens (tertiary/aromatic N) is 1. The Balaban J connectivity index is 3.10. The highest BCUT2D eigenvalue weighted by Gasteiger charge is 2.39. The van der Waals surface area contributed by atoms with Gasteiger partial charge in [-0.3, -0.25) is 0 Å². The van der Waals surface area contributed by atoms with Crippen LogP contribution in [0, 0.1) is 11.3 Å². The van der Waals surface area contributed by atoms with Crippen molar-refractivity contribution in [1.29, 1.82) is 5.26 Å². The second-order valence-electron chi connectivity index (χ2n) is 5.59. The largest absolute Gasteiger partial charge is 0.543 e. The van der Waals surface area contributed by atoms with Crippen LogP contribution in [0.15, 0.2) is 22.7 Å². The Morgan fingerprint density at radius 1 is 1.29 bits per heavy atom. The predicted molar refractivity (Wildman–Crippen MR) is 76.7 cm³/mol. The minimum absolute atomic E-state index is 0.148. The summed E-state index contributed by atoms with van der Waals surface area (Å²) in [5.41, 5.74) is 0.612. The second kappa shape index (κ2) is 4.83. The Kier molecular flexibility index (Phi) is 4.05. The highest BCUT2D eigenvalue weighted by atomic mass is 79.9. The molecule has 0 atom stereocenters. The van der Waals surface area contributed by atoms with E-state index in [4.69, 9.17) is 9.69 Å². The van der Waals surface area contributed by atoms with Gasteiger partial charge in [-0.05, 0) is 46.2 Å². The van der Waals surface area contributed by atoms with Crippen LogP contribution in [0.5, 0.6) is 5.75 Å². The fourth-order valence-electron chi connectivity index (χ4n) is 1.10. The lowest BCUT2D eigenvalue weighted by Crippen LogP contribution is -2.43. The van der Waals surface area contributed by atoms with Crippen LogP contribution in [0.25, 0.3) is 0 Å². The molecule has 0 unspecified atom stereocenters. The summed E-state index contributed by atoms with van der Waals surface area (Å²) in [6.45, 7) is 11.0. The van der Waals surface area contributed by atoms with Gasteiger partial charge in [0.05, 0.1) is 10.0 Å². The first-order valence-electron chi connectivity index (χ1n) is 5.56. The Morgan fingerprint density at radius 3 is 2.35 bits per heavy atom. The van der Waals surface area contributed by atoms with Gasteiger partial charge >= 0.3 is 0 Å². The van der Waals surface area contributed by atoms with E-state index < -0.39 is 8.32 Å². The molecule has 0 N–H and O–H groups in total. The topological polar surface area (TPSA) is 33.0 Å². The molecule has 1 aromatic rings. The average molecular weight is 312 g/mol. The average Bonchev–Trinajstić information content (AvgIpc) is 2.19. The van der Waals surface area contributed by atoms with E-state index in [1.807, 2.05) is 12.1 Å². The van der Waals surface area contributed by atoms with E-state index in [-0.39, 0.29) is 5.04 Å². The van der Waals surface area contributed by atoms with Gasteiger partial charge in [-0.1, -0.05) is 26.8 Å². The fraction of sp³-hybridized carbons (Fsp3) is 0.462. The van der Waals surface area contributed by atoms with E-state index in [1.54, 1.807) is 6.07 Å². The molecule has 0 bridgehead atoms. The van der Waals surface area contributed by atoms with Crippen LogP contribution in [0.4, 0.5) is 0 Å². The van der Waals surface area contributed by atoms with Crippen LogP contribution < -0.4 is 4.43 Å². The van der Waals surface area contributed by atoms with Gasteiger partial charge in [0.15, 0.2) is 0 Å². The van der Waals surface area contributed by atoms with Crippen molar-refractivity contribution in [1.82, 2.24) is 0 Å². The van der Waals surface area contributed by atoms with Gasteiger partial charge in [0.2, 0.25) is 0 Å². The molecule has 0 aliphatic carbocycles. The molecule has 0 heterocycles. The summed E-state index contributed by atoms with van der Waals surface area (Å²) >= 11 is 3.44. The molecule has 0 aromatic heterocycles. The van der Waals surface area contributed by atoms with Gasteiger partial charge in [-0.25, -0.2) is 0 Å². The van der Waals surface area contributed by atoms with Gasteiger partial charge in [-0.15, -0.1) is 0 Å². The first-order chi connectivity index (χ1) is 7.69. The summed E-state index contributed by atoms with van der Waals surface area (Å²) in [6.07, 6.45) is 0. The quantitative estimate of drug-likeness (QED) is 0.741. The zero-order valence-corrected chi connectivity index (χ0v) is 13.6. The lowest BCUT2D eigenvalue weighted by molar-refractivity contribution is 0.489. The molecule has 1 aromatic carbocycles. The summed E-state index contributed by atoms with van der Waals surface area (Å²) in [5, 5.41) is 9.12. The molecule has 0 fully saturated rings. The zero-order chi connectivity index (χ0) is 13.3. The van der Waals surface area contributed by atoms with E-state index in [2.05, 4.69) is 55.9 Å². The van der Waals surface area contributed by atoms with Crippen molar-refractivity contribution in [2.24, 2.45) is 0 Å². The smallest absolute Gasteiger partial charge is 0.250 e. The molecule has 0 amide bonds. The number of benzene rings is 1. The van der Waals surface area contributed by atoms with Crippen LogP contribution >= 0.6 is 15.9 Å². The highest BCUT2D eigenvalue weighted by Crippen LogP contribution is 2.39. The fourth-order valence-corrected chi connectivity index (χ4v) is 2.71. The van der Waals surface area contributed by atoms with Crippen LogP contribution in [0.2, 0.25) is 18.1 Å². The molecule has 0 saturated heterocycles. The number of hydrogen-bond donors (Lipinski definition) is 0. The Bertz CT molecular complexity index is 457. The van der Waals surface area contributed by atoms with Gasteiger partial charge in [0.1, 0.15) is 11.8 Å². The van der Waals surface area contributed by atoms with Crippen molar-refractivity contribution in [2.75, 3.05) is 0 Å². The number of rotatable bonds is 2. The maximum Gasteiger partial charge on any atom is 0.250 e. The molecule has 1 rings (SSSR count). The van der Waals surface area contributed by atoms with Crippen LogP contribution in [-0.4, -0.2) is 8.32 Å². The molecular weight excluding hydrogens is 294 g/mol. The van der Waals surface area contributed by atoms with E-state index >= 15 is 0 Å². The van der Waals surface area contributed by atoms with Gasteiger partial charge in [0, 0.05) is 0 Å². The molecule has 0 radical (unpaired) electrons. The minimum atomic E-state index is -1.85. The van der Waals surface area contributed by atoms with Crippen molar-refractivity contribution in [2.45, 2.75) is 38.9 Å². The van der Waals surface area contributed by atoms with E-state index in [0.29, 0.717) is 5.56 Å². The first-order valence-corrected chi connectivity index (χ1v) is 9.27. The second-order valence-corrected chi connectivity index (χ2v) is 11.1. The lowest BCUT2D eigenvalue weighted by Gasteiger charge is -2.36. The van der Waals surface area contributed by atoms with Gasteiger partial charge in [-0.2, -0.15) is 5.26 Å². The Hall–Kier alpha value is -0.793. The molecule has 0 aliphatic heterocycles. The summed E-state index contributed by atoms with van der Waals surface area (Å²) < 4.78 is 6.94. The predicted octanol–water partition coefficient (Wildman–Crippen LogP) is 4.70. The highest BCUT2D eigenvalue weighted by molar-refractivity contribution is 9.10. The van der Waals surface area contributed by atoms with Crippen molar-refractivity contribution in [3.8, 4) is 11.8 Å². The molecule has 4 heteroatoms. The summed E-state index contributed by atoms with van der Waals surface area (Å²) in [7, 11) is -1.85. The number of hydrogen-bond acceptors (Lipinski definition) is 2. The molecule has 0 aliphatic rings. The Labute approximate surface area is 113 Å². The van der Waals surface area contributed by atoms with Crippen molar-refractivity contribution < 1.29 is 4.43 Å². The molecule has 92 valence electrons. The zero-order valence-electron chi connectivity index (χ0n) is 11.0. The third-order valence-corrected chi connectivity index (χ3v) is 8.42. The van der Waals surface area contributed by atoms with Crippen molar-refractivity contribution in [3.05, 3.63) is 28.2 Å². The monoisotopic (exact) mass is 311 g/mol. The van der Waals surface area contributed by atoms with Crippen molar-refractivity contribution >= 4 is 24.2 Å². The summed E-state index contributed by atoms with van der Waals surface area (Å²) in [6, 6.07) is 7.69. The normalized spacial score (nSPS) is 12.1. The van der Waals surface area contributed by atoms with Crippen LogP contribution in [-0.2, 0) is 0 Å². The molecular formula is C13H18BrNOSi. The summed E-state index contributed by atoms with van der Waals surface area (Å²) in [4.78, 5) is 0. The standard InChI is InChI=1S/C13H18BrNOSi/c1-13(2,3)17(4,5)16-11-8-6-7-10(9-15)12(11)14/h6-8H,1-5H3. The van der Waals surface area contributed by atoms with Gasteiger partial charge < -0.3 is 4.43 Å². The molecule has 2 nitrogen and oxygen atoms in total. The van der Waals surface area contributed by atoms with Gasteiger partial charge in [0.25, 0.3) is 8.32 Å². The van der Waals surface area contributed by atoms with E-state index in [0.717, 1.165) is 10.2 Å². The minimum Gasteiger partial charge on any atom is -0.543 e. The van der Waals surface area contributed by atoms with Crippen molar-refractivity contribution in [3.63, 3.8) is 0 Å². The first kappa shape index (κ1) is 14.3. The SMILES string of the molecule is CC(C)(C)[Si](C)(C)Oc1cccc(C#N)c1Br. The molecule has 17 heavy (non-hydrogen) atoms. The summed E-state index contributed by atoms with van der Waals surface area (Å²) in [5.74, 6) is 0.774. The third kappa shape index (κ3) is 3.11. The lowest BCUT2D eigenvalue weighted by atomic mass is 10.2. The van der Waals surface area contributed by atoms with E-state index in [9.17, 15) is 0 Å². The van der Waals surface area contributed by atoms with Crippen LogP contribution in [0.1, 0.15) is 26.3 Å². The number of nitriles is 1. The molecule has 0 spiro atoms. The third-order valence-electron chi connectivity index (χ3n) is 3.26. The molecule has 0 saturated carbocycles. The maximum atomic E-state index is 8.98. The number of halogens is 1.